The molecule has 7 rings (SSSR count). The maximum atomic E-state index is 14.0. The highest BCUT2D eigenvalue weighted by molar-refractivity contribution is 7.17. The number of para-hydroxylation sites is 1. The first-order valence-electron chi connectivity index (χ1n) is 13.5. The third kappa shape index (κ3) is 4.66. The van der Waals surface area contributed by atoms with Gasteiger partial charge in [-0.2, -0.15) is 0 Å². The van der Waals surface area contributed by atoms with Crippen molar-refractivity contribution in [2.45, 2.75) is 31.8 Å². The molecule has 3 aliphatic rings. The number of carbonyl (C=O) groups excluding carboxylic acids is 2. The maximum Gasteiger partial charge on any atom is 0.276 e. The van der Waals surface area contributed by atoms with Gasteiger partial charge in [0.05, 0.1) is 17.1 Å². The molecule has 2 aromatic carbocycles. The van der Waals surface area contributed by atoms with Crippen molar-refractivity contribution < 1.29 is 19.4 Å². The number of ether oxygens (including phenoxy) is 1. The predicted octanol–water partition coefficient (Wildman–Crippen LogP) is 5.01. The van der Waals surface area contributed by atoms with Gasteiger partial charge in [-0.15, -0.1) is 11.3 Å². The molecule has 1 fully saturated rings. The van der Waals surface area contributed by atoms with Crippen LogP contribution in [0.5, 0.6) is 11.5 Å². The molecule has 2 amide bonds. The van der Waals surface area contributed by atoms with Gasteiger partial charge in [-0.05, 0) is 61.2 Å². The molecule has 202 valence electrons. The second-order valence-electron chi connectivity index (χ2n) is 10.4. The fourth-order valence-corrected chi connectivity index (χ4v) is 6.46. The summed E-state index contributed by atoms with van der Waals surface area (Å²) in [6, 6.07) is 20.9. The van der Waals surface area contributed by atoms with Crippen LogP contribution in [0.15, 0.2) is 66.7 Å². The van der Waals surface area contributed by atoms with Gasteiger partial charge < -0.3 is 25.0 Å². The summed E-state index contributed by atoms with van der Waals surface area (Å²) in [6.07, 6.45) is 2.75. The Hall–Kier alpha value is -4.37. The summed E-state index contributed by atoms with van der Waals surface area (Å²) in [5, 5.41) is 12.9. The number of hydrogen-bond donors (Lipinski definition) is 2. The number of rotatable bonds is 4. The zero-order valence-electron chi connectivity index (χ0n) is 21.8. The van der Waals surface area contributed by atoms with Gasteiger partial charge in [0.2, 0.25) is 0 Å². The Morgan fingerprint density at radius 3 is 2.75 bits per heavy atom. The van der Waals surface area contributed by atoms with Crippen molar-refractivity contribution in [3.8, 4) is 21.9 Å². The number of phenolic OH excluding ortho intramolecular Hbond substituents is 1. The van der Waals surface area contributed by atoms with Crippen LogP contribution in [-0.4, -0.2) is 47.6 Å². The quantitative estimate of drug-likeness (QED) is 0.370. The lowest BCUT2D eigenvalue weighted by Gasteiger charge is -2.24. The van der Waals surface area contributed by atoms with E-state index >= 15 is 0 Å². The Morgan fingerprint density at radius 2 is 1.88 bits per heavy atom. The zero-order valence-corrected chi connectivity index (χ0v) is 22.6. The number of carbonyl (C=O) groups is 2. The highest BCUT2D eigenvalue weighted by Crippen LogP contribution is 2.42. The predicted molar refractivity (Wildman–Crippen MR) is 155 cm³/mol. The number of hydrogen-bond acceptors (Lipinski definition) is 7. The molecule has 2 aromatic heterocycles. The van der Waals surface area contributed by atoms with Crippen LogP contribution in [0.2, 0.25) is 0 Å². The monoisotopic (exact) mass is 552 g/mol. The maximum absolute atomic E-state index is 14.0. The average molecular weight is 553 g/mol. The van der Waals surface area contributed by atoms with Crippen LogP contribution in [0.4, 0.5) is 11.5 Å². The highest BCUT2D eigenvalue weighted by Gasteiger charge is 2.30. The van der Waals surface area contributed by atoms with Crippen molar-refractivity contribution in [1.29, 1.82) is 0 Å². The summed E-state index contributed by atoms with van der Waals surface area (Å²) < 4.78 is 5.85. The number of aromatic nitrogens is 1. The van der Waals surface area contributed by atoms with E-state index in [2.05, 4.69) is 10.2 Å². The van der Waals surface area contributed by atoms with Crippen molar-refractivity contribution in [2.24, 2.45) is 0 Å². The summed E-state index contributed by atoms with van der Waals surface area (Å²) in [5.41, 5.74) is 4.19. The molecule has 0 bridgehead atoms. The molecule has 0 spiro atoms. The smallest absolute Gasteiger partial charge is 0.276 e. The standard InChI is InChI=1S/C31H28N4O4S/c36-22-11-8-20-18-34(14-15-39-26(20)17-22)28-7-3-5-24(33-28)31(38)35-13-12-19-16-27(30(37)32-21-9-10-21)40-29(19)23-4-1-2-6-25(23)35/h1-8,11,16-17,21,36H,9-10,12-15,18H2,(H,32,37). The van der Waals surface area contributed by atoms with E-state index < -0.39 is 0 Å². The van der Waals surface area contributed by atoms with E-state index in [1.54, 1.807) is 18.2 Å². The lowest BCUT2D eigenvalue weighted by Crippen LogP contribution is -2.34. The van der Waals surface area contributed by atoms with E-state index in [4.69, 9.17) is 9.72 Å². The summed E-state index contributed by atoms with van der Waals surface area (Å²) >= 11 is 1.50. The molecular weight excluding hydrogens is 524 g/mol. The SMILES string of the molecule is O=C(NC1CC1)c1cc2c(s1)-c1ccccc1N(C(=O)c1cccc(N3CCOc4cc(O)ccc4C3)n1)CC2. The molecule has 0 unspecified atom stereocenters. The van der Waals surface area contributed by atoms with Crippen molar-refractivity contribution in [1.82, 2.24) is 10.3 Å². The Kier molecular flexibility index (Phi) is 6.15. The second-order valence-corrected chi connectivity index (χ2v) is 11.4. The minimum atomic E-state index is -0.160. The third-order valence-corrected chi connectivity index (χ3v) is 8.75. The molecule has 1 saturated carbocycles. The third-order valence-electron chi connectivity index (χ3n) is 7.54. The van der Waals surface area contributed by atoms with Gasteiger partial charge in [0, 0.05) is 41.2 Å². The van der Waals surface area contributed by atoms with E-state index in [1.807, 2.05) is 53.4 Å². The first-order chi connectivity index (χ1) is 19.5. The Labute approximate surface area is 235 Å². The zero-order chi connectivity index (χ0) is 27.2. The van der Waals surface area contributed by atoms with E-state index in [0.29, 0.717) is 56.0 Å². The van der Waals surface area contributed by atoms with Gasteiger partial charge in [0.25, 0.3) is 11.8 Å². The molecule has 9 heteroatoms. The number of pyridine rings is 1. The molecule has 8 nitrogen and oxygen atoms in total. The van der Waals surface area contributed by atoms with E-state index in [9.17, 15) is 14.7 Å². The van der Waals surface area contributed by atoms with E-state index in [0.717, 1.165) is 45.0 Å². The van der Waals surface area contributed by atoms with Gasteiger partial charge in [-0.25, -0.2) is 4.98 Å². The van der Waals surface area contributed by atoms with Crippen LogP contribution < -0.4 is 19.9 Å². The van der Waals surface area contributed by atoms with Gasteiger partial charge >= 0.3 is 0 Å². The molecule has 4 heterocycles. The number of benzene rings is 2. The number of phenols is 1. The van der Waals surface area contributed by atoms with Crippen LogP contribution in [0, 0.1) is 0 Å². The van der Waals surface area contributed by atoms with Crippen LogP contribution in [0.25, 0.3) is 10.4 Å². The summed E-state index contributed by atoms with van der Waals surface area (Å²) in [4.78, 5) is 37.2. The van der Waals surface area contributed by atoms with Crippen LogP contribution in [0.1, 0.15) is 44.1 Å². The van der Waals surface area contributed by atoms with Gasteiger partial charge in [-0.1, -0.05) is 24.3 Å². The topological polar surface area (TPSA) is 95.0 Å². The fraction of sp³-hybridized carbons (Fsp3) is 0.258. The lowest BCUT2D eigenvalue weighted by atomic mass is 10.1. The number of nitrogens with zero attached hydrogens (tertiary/aromatic N) is 3. The minimum Gasteiger partial charge on any atom is -0.508 e. The normalized spacial score (nSPS) is 16.1. The molecular formula is C31H28N4O4S. The van der Waals surface area contributed by atoms with Crippen molar-refractivity contribution in [3.63, 3.8) is 0 Å². The number of anilines is 2. The molecule has 0 saturated heterocycles. The van der Waals surface area contributed by atoms with Gasteiger partial charge in [0.15, 0.2) is 0 Å². The summed E-state index contributed by atoms with van der Waals surface area (Å²) in [6.45, 7) is 2.09. The number of aromatic hydroxyl groups is 1. The van der Waals surface area contributed by atoms with Crippen LogP contribution in [0.3, 0.4) is 0 Å². The second kappa shape index (κ2) is 9.98. The minimum absolute atomic E-state index is 0.00894. The number of nitrogens with one attached hydrogen (secondary N) is 1. The first kappa shape index (κ1) is 24.7. The first-order valence-corrected chi connectivity index (χ1v) is 14.4. The van der Waals surface area contributed by atoms with Gasteiger partial charge in [0.1, 0.15) is 29.6 Å². The Balaban J connectivity index is 1.17. The molecule has 40 heavy (non-hydrogen) atoms. The van der Waals surface area contributed by atoms with Gasteiger partial charge in [-0.3, -0.25) is 9.59 Å². The Morgan fingerprint density at radius 1 is 1.00 bits per heavy atom. The highest BCUT2D eigenvalue weighted by atomic mass is 32.1. The Bertz CT molecular complexity index is 1630. The van der Waals surface area contributed by atoms with Crippen LogP contribution in [-0.2, 0) is 13.0 Å². The molecule has 4 aromatic rings. The lowest BCUT2D eigenvalue weighted by molar-refractivity contribution is 0.0952. The van der Waals surface area contributed by atoms with Crippen LogP contribution >= 0.6 is 11.3 Å². The van der Waals surface area contributed by atoms with E-state index in [1.165, 1.54) is 11.3 Å². The molecule has 0 radical (unpaired) electrons. The summed E-state index contributed by atoms with van der Waals surface area (Å²) in [7, 11) is 0. The van der Waals surface area contributed by atoms with Crippen molar-refractivity contribution in [2.75, 3.05) is 29.5 Å². The average Bonchev–Trinajstić information content (AvgIpc) is 3.75. The number of thiophene rings is 1. The molecule has 1 aliphatic carbocycles. The largest absolute Gasteiger partial charge is 0.508 e. The molecule has 0 atom stereocenters. The molecule has 2 N–H and O–H groups in total. The van der Waals surface area contributed by atoms with Crippen molar-refractivity contribution >= 4 is 34.7 Å². The van der Waals surface area contributed by atoms with E-state index in [-0.39, 0.29) is 17.6 Å². The number of amides is 2. The number of fused-ring (bicyclic) bond motifs is 4. The molecule has 2 aliphatic heterocycles. The van der Waals surface area contributed by atoms with Crippen molar-refractivity contribution in [3.05, 3.63) is 88.4 Å². The summed E-state index contributed by atoms with van der Waals surface area (Å²) in [5.74, 6) is 1.36. The fourth-order valence-electron chi connectivity index (χ4n) is 5.31.